The summed E-state index contributed by atoms with van der Waals surface area (Å²) in [5, 5.41) is 0. The molecule has 11 heavy (non-hydrogen) atoms. The molecule has 1 heteroatoms. The Morgan fingerprint density at radius 3 is 2.45 bits per heavy atom. The Hall–Kier alpha value is -0.820. The Balaban J connectivity index is 2.39. The molecule has 0 heterocycles. The van der Waals surface area contributed by atoms with Gasteiger partial charge in [0.15, 0.2) is 0 Å². The van der Waals surface area contributed by atoms with E-state index in [1.165, 1.54) is 5.56 Å². The van der Waals surface area contributed by atoms with Crippen molar-refractivity contribution in [3.8, 4) is 0 Å². The van der Waals surface area contributed by atoms with E-state index in [1.807, 2.05) is 13.0 Å². The molecule has 0 unspecified atom stereocenters. The van der Waals surface area contributed by atoms with Crippen molar-refractivity contribution < 1.29 is 0 Å². The molecule has 0 amide bonds. The molecular weight excluding hydrogens is 134 g/mol. The molecule has 1 rings (SSSR count). The molecule has 0 aliphatic rings. The normalized spacial score (nSPS) is 12.9. The lowest BCUT2D eigenvalue weighted by atomic mass is 10.1. The molecule has 60 valence electrons. The fraction of sp³-hybridized carbons (Fsp3) is 0.400. The van der Waals surface area contributed by atoms with Gasteiger partial charge in [-0.2, -0.15) is 0 Å². The average molecular weight is 149 g/mol. The summed E-state index contributed by atoms with van der Waals surface area (Å²) in [6, 6.07) is 10.8. The predicted molar refractivity (Wildman–Crippen MR) is 48.4 cm³/mol. The third-order valence-electron chi connectivity index (χ3n) is 1.73. The standard InChI is InChI=1S/C10H15N/c1-9(11)7-8-10-5-3-2-4-6-10/h2-6,9H,7-8,11H2,1H3/t9-/m1/s1. The second kappa shape index (κ2) is 4.14. The van der Waals surface area contributed by atoms with Crippen molar-refractivity contribution in [2.75, 3.05) is 0 Å². The van der Waals surface area contributed by atoms with Gasteiger partial charge in [0.05, 0.1) is 0 Å². The van der Waals surface area contributed by atoms with Gasteiger partial charge in [-0.25, -0.2) is 0 Å². The molecule has 2 N–H and O–H groups in total. The van der Waals surface area contributed by atoms with E-state index in [1.54, 1.807) is 0 Å². The van der Waals surface area contributed by atoms with E-state index in [-0.39, 0.29) is 0 Å². The minimum absolute atomic E-state index is 0.315. The lowest BCUT2D eigenvalue weighted by Crippen LogP contribution is -2.15. The Kier molecular flexibility index (Phi) is 3.12. The number of rotatable bonds is 3. The van der Waals surface area contributed by atoms with Crippen LogP contribution in [0.4, 0.5) is 0 Å². The van der Waals surface area contributed by atoms with Crippen molar-refractivity contribution in [2.24, 2.45) is 5.73 Å². The lowest BCUT2D eigenvalue weighted by molar-refractivity contribution is 0.666. The van der Waals surface area contributed by atoms with Crippen LogP contribution in [0.5, 0.6) is 0 Å². The Labute approximate surface area is 68.2 Å². The monoisotopic (exact) mass is 149 g/mol. The van der Waals surface area contributed by atoms with Crippen LogP contribution in [-0.4, -0.2) is 6.04 Å². The third kappa shape index (κ3) is 3.19. The summed E-state index contributed by atoms with van der Waals surface area (Å²) < 4.78 is 0. The van der Waals surface area contributed by atoms with Gasteiger partial charge in [-0.1, -0.05) is 30.3 Å². The summed E-state index contributed by atoms with van der Waals surface area (Å²) in [5.74, 6) is 0. The molecule has 0 aromatic heterocycles. The van der Waals surface area contributed by atoms with Crippen LogP contribution in [0.15, 0.2) is 30.3 Å². The first-order chi connectivity index (χ1) is 5.29. The predicted octanol–water partition coefficient (Wildman–Crippen LogP) is 1.97. The zero-order valence-corrected chi connectivity index (χ0v) is 6.96. The Morgan fingerprint density at radius 2 is 1.91 bits per heavy atom. The summed E-state index contributed by atoms with van der Waals surface area (Å²) >= 11 is 0. The van der Waals surface area contributed by atoms with Crippen molar-refractivity contribution in [1.82, 2.24) is 0 Å². The summed E-state index contributed by atoms with van der Waals surface area (Å²) in [6.07, 6.45) is 2.17. The zero-order chi connectivity index (χ0) is 8.10. The van der Waals surface area contributed by atoms with E-state index < -0.39 is 0 Å². The largest absolute Gasteiger partial charge is 0.328 e. The van der Waals surface area contributed by atoms with Gasteiger partial charge in [-0.05, 0) is 25.3 Å². The van der Waals surface area contributed by atoms with E-state index >= 15 is 0 Å². The number of aryl methyl sites for hydroxylation is 1. The van der Waals surface area contributed by atoms with Crippen LogP contribution in [0.2, 0.25) is 0 Å². The lowest BCUT2D eigenvalue weighted by Gasteiger charge is -2.03. The van der Waals surface area contributed by atoms with E-state index in [4.69, 9.17) is 5.73 Å². The molecule has 1 aromatic carbocycles. The van der Waals surface area contributed by atoms with Crippen molar-refractivity contribution in [2.45, 2.75) is 25.8 Å². The van der Waals surface area contributed by atoms with E-state index in [9.17, 15) is 0 Å². The van der Waals surface area contributed by atoms with E-state index in [0.717, 1.165) is 12.8 Å². The van der Waals surface area contributed by atoms with Crippen molar-refractivity contribution in [3.63, 3.8) is 0 Å². The number of hydrogen-bond donors (Lipinski definition) is 1. The fourth-order valence-electron chi connectivity index (χ4n) is 1.04. The zero-order valence-electron chi connectivity index (χ0n) is 6.96. The number of nitrogens with two attached hydrogens (primary N) is 1. The molecule has 0 bridgehead atoms. The van der Waals surface area contributed by atoms with Gasteiger partial charge >= 0.3 is 0 Å². The molecule has 1 nitrogen and oxygen atoms in total. The number of hydrogen-bond acceptors (Lipinski definition) is 1. The Morgan fingerprint density at radius 1 is 1.27 bits per heavy atom. The summed E-state index contributed by atoms with van der Waals surface area (Å²) in [6.45, 7) is 2.04. The first-order valence-corrected chi connectivity index (χ1v) is 4.08. The number of benzene rings is 1. The molecule has 0 radical (unpaired) electrons. The first kappa shape index (κ1) is 8.28. The molecular formula is C10H15N. The fourth-order valence-corrected chi connectivity index (χ4v) is 1.04. The SMILES string of the molecule is C[C@@H](N)CCc1ccccc1. The minimum atomic E-state index is 0.315. The van der Waals surface area contributed by atoms with Gasteiger partial charge in [0.2, 0.25) is 0 Å². The quantitative estimate of drug-likeness (QED) is 0.698. The maximum atomic E-state index is 5.64. The maximum Gasteiger partial charge on any atom is 0.00136 e. The molecule has 0 aliphatic carbocycles. The van der Waals surface area contributed by atoms with Gasteiger partial charge in [-0.15, -0.1) is 0 Å². The van der Waals surface area contributed by atoms with Crippen LogP contribution >= 0.6 is 0 Å². The minimum Gasteiger partial charge on any atom is -0.328 e. The highest BCUT2D eigenvalue weighted by Gasteiger charge is 1.94. The summed E-state index contributed by atoms with van der Waals surface area (Å²) in [4.78, 5) is 0. The molecule has 0 fully saturated rings. The first-order valence-electron chi connectivity index (χ1n) is 4.08. The van der Waals surface area contributed by atoms with Crippen molar-refractivity contribution in [1.29, 1.82) is 0 Å². The highest BCUT2D eigenvalue weighted by atomic mass is 14.6. The van der Waals surface area contributed by atoms with Gasteiger partial charge in [-0.3, -0.25) is 0 Å². The van der Waals surface area contributed by atoms with Crippen molar-refractivity contribution >= 4 is 0 Å². The Bertz CT molecular complexity index is 191. The second-order valence-corrected chi connectivity index (χ2v) is 3.00. The summed E-state index contributed by atoms with van der Waals surface area (Å²) in [7, 11) is 0. The van der Waals surface area contributed by atoms with Gasteiger partial charge < -0.3 is 5.73 Å². The third-order valence-corrected chi connectivity index (χ3v) is 1.73. The molecule has 0 saturated carbocycles. The van der Waals surface area contributed by atoms with E-state index in [0.29, 0.717) is 6.04 Å². The summed E-state index contributed by atoms with van der Waals surface area (Å²) in [5.41, 5.74) is 7.02. The average Bonchev–Trinajstić information content (AvgIpc) is 2.03. The van der Waals surface area contributed by atoms with Gasteiger partial charge in [0, 0.05) is 6.04 Å². The molecule has 0 aliphatic heterocycles. The van der Waals surface area contributed by atoms with Crippen LogP contribution in [0.3, 0.4) is 0 Å². The van der Waals surface area contributed by atoms with Gasteiger partial charge in [0.25, 0.3) is 0 Å². The van der Waals surface area contributed by atoms with Crippen LogP contribution in [-0.2, 0) is 6.42 Å². The highest BCUT2D eigenvalue weighted by Crippen LogP contribution is 2.02. The molecule has 0 spiro atoms. The topological polar surface area (TPSA) is 26.0 Å². The highest BCUT2D eigenvalue weighted by molar-refractivity contribution is 5.14. The smallest absolute Gasteiger partial charge is 0.00136 e. The van der Waals surface area contributed by atoms with Crippen LogP contribution < -0.4 is 5.73 Å². The van der Waals surface area contributed by atoms with Crippen LogP contribution in [0.1, 0.15) is 18.9 Å². The second-order valence-electron chi connectivity index (χ2n) is 3.00. The van der Waals surface area contributed by atoms with Gasteiger partial charge in [0.1, 0.15) is 0 Å². The maximum absolute atomic E-state index is 5.64. The van der Waals surface area contributed by atoms with Crippen molar-refractivity contribution in [3.05, 3.63) is 35.9 Å². The van der Waals surface area contributed by atoms with Crippen LogP contribution in [0.25, 0.3) is 0 Å². The molecule has 1 atom stereocenters. The van der Waals surface area contributed by atoms with E-state index in [2.05, 4.69) is 24.3 Å². The van der Waals surface area contributed by atoms with Crippen LogP contribution in [0, 0.1) is 0 Å². The molecule has 1 aromatic rings. The molecule has 0 saturated heterocycles.